The lowest BCUT2D eigenvalue weighted by atomic mass is 10.4. The molecule has 8 nitrogen and oxygen atoms in total. The van der Waals surface area contributed by atoms with E-state index >= 15 is 0 Å². The van der Waals surface area contributed by atoms with E-state index in [0.29, 0.717) is 24.8 Å². The number of amides is 2. The zero-order valence-corrected chi connectivity index (χ0v) is 11.2. The van der Waals surface area contributed by atoms with Gasteiger partial charge in [0.25, 0.3) is 0 Å². The molecule has 0 atom stereocenters. The number of ether oxygens (including phenoxy) is 1. The summed E-state index contributed by atoms with van der Waals surface area (Å²) >= 11 is 1.26. The van der Waals surface area contributed by atoms with Crippen LogP contribution in [0.15, 0.2) is 18.0 Å². The normalized spacial score (nSPS) is 10.4. The Bertz CT molecular complexity index is 512. The van der Waals surface area contributed by atoms with Gasteiger partial charge in [0, 0.05) is 19.9 Å². The highest BCUT2D eigenvalue weighted by molar-refractivity contribution is 7.13. The molecule has 2 aromatic heterocycles. The molecule has 0 aliphatic rings. The Morgan fingerprint density at radius 2 is 2.47 bits per heavy atom. The molecule has 2 amide bonds. The Morgan fingerprint density at radius 1 is 1.58 bits per heavy atom. The van der Waals surface area contributed by atoms with Crippen molar-refractivity contribution in [1.29, 1.82) is 0 Å². The Balaban J connectivity index is 1.81. The maximum absolute atomic E-state index is 11.6. The molecule has 0 aliphatic heterocycles. The van der Waals surface area contributed by atoms with Gasteiger partial charge in [0.2, 0.25) is 5.13 Å². The van der Waals surface area contributed by atoms with Crippen LogP contribution in [0.5, 0.6) is 0 Å². The van der Waals surface area contributed by atoms with Crippen LogP contribution in [0.25, 0.3) is 0 Å². The third kappa shape index (κ3) is 4.00. The van der Waals surface area contributed by atoms with Crippen LogP contribution >= 0.6 is 11.3 Å². The molecular weight excluding hydrogens is 268 g/mol. The molecular formula is C10H14N6O2S. The minimum Gasteiger partial charge on any atom is -0.383 e. The predicted octanol–water partition coefficient (Wildman–Crippen LogP) is 0.703. The van der Waals surface area contributed by atoms with Crippen molar-refractivity contribution in [1.82, 2.24) is 25.1 Å². The molecule has 0 fully saturated rings. The second kappa shape index (κ2) is 6.81. The number of carbonyl (C=O) groups is 1. The zero-order chi connectivity index (χ0) is 13.5. The summed E-state index contributed by atoms with van der Waals surface area (Å²) in [4.78, 5) is 15.6. The minimum absolute atomic E-state index is 0.323. The summed E-state index contributed by atoms with van der Waals surface area (Å²) in [5.41, 5.74) is 2.46. The Labute approximate surface area is 113 Å². The fraction of sp³-hybridized carbons (Fsp3) is 0.400. The molecule has 9 heteroatoms. The van der Waals surface area contributed by atoms with Gasteiger partial charge in [-0.2, -0.15) is 0 Å². The first kappa shape index (κ1) is 13.4. The lowest BCUT2D eigenvalue weighted by Crippen LogP contribution is -2.29. The molecule has 0 spiro atoms. The summed E-state index contributed by atoms with van der Waals surface area (Å²) in [7, 11) is 1.64. The number of imidazole rings is 1. The molecule has 2 N–H and O–H groups in total. The largest absolute Gasteiger partial charge is 0.383 e. The first-order valence-electron chi connectivity index (χ1n) is 5.58. The maximum atomic E-state index is 11.6. The first-order chi connectivity index (χ1) is 9.29. The summed E-state index contributed by atoms with van der Waals surface area (Å²) in [6, 6.07) is -0.323. The predicted molar refractivity (Wildman–Crippen MR) is 69.9 cm³/mol. The van der Waals surface area contributed by atoms with E-state index in [1.807, 2.05) is 4.57 Å². The van der Waals surface area contributed by atoms with E-state index in [4.69, 9.17) is 4.74 Å². The van der Waals surface area contributed by atoms with Gasteiger partial charge in [-0.3, -0.25) is 5.32 Å². The summed E-state index contributed by atoms with van der Waals surface area (Å²) < 4.78 is 6.93. The lowest BCUT2D eigenvalue weighted by molar-refractivity contribution is 0.186. The van der Waals surface area contributed by atoms with Crippen LogP contribution < -0.4 is 10.6 Å². The molecule has 2 heterocycles. The average Bonchev–Trinajstić information content (AvgIpc) is 3.05. The summed E-state index contributed by atoms with van der Waals surface area (Å²) in [6.45, 7) is 1.68. The van der Waals surface area contributed by atoms with Gasteiger partial charge < -0.3 is 14.6 Å². The van der Waals surface area contributed by atoms with Crippen LogP contribution in [0.4, 0.5) is 9.93 Å². The van der Waals surface area contributed by atoms with E-state index in [9.17, 15) is 4.79 Å². The SMILES string of the molecule is COCCn1cncc1CNC(=O)Nc1nncs1. The maximum Gasteiger partial charge on any atom is 0.321 e. The molecule has 0 unspecified atom stereocenters. The number of nitrogens with zero attached hydrogens (tertiary/aromatic N) is 4. The molecule has 2 aromatic rings. The van der Waals surface area contributed by atoms with Crippen molar-refractivity contribution in [2.24, 2.45) is 0 Å². The highest BCUT2D eigenvalue weighted by Gasteiger charge is 2.06. The lowest BCUT2D eigenvalue weighted by Gasteiger charge is -2.08. The number of hydrogen-bond donors (Lipinski definition) is 2. The van der Waals surface area contributed by atoms with Gasteiger partial charge in [0.1, 0.15) is 5.51 Å². The van der Waals surface area contributed by atoms with Crippen LogP contribution in [0.1, 0.15) is 5.69 Å². The van der Waals surface area contributed by atoms with Crippen molar-refractivity contribution < 1.29 is 9.53 Å². The molecule has 102 valence electrons. The number of anilines is 1. The van der Waals surface area contributed by atoms with E-state index in [-0.39, 0.29) is 6.03 Å². The van der Waals surface area contributed by atoms with Crippen LogP contribution in [-0.4, -0.2) is 39.5 Å². The van der Waals surface area contributed by atoms with E-state index in [1.54, 1.807) is 25.1 Å². The number of carbonyl (C=O) groups excluding carboxylic acids is 1. The van der Waals surface area contributed by atoms with E-state index in [0.717, 1.165) is 5.69 Å². The van der Waals surface area contributed by atoms with Crippen LogP contribution in [-0.2, 0) is 17.8 Å². The fourth-order valence-electron chi connectivity index (χ4n) is 1.43. The highest BCUT2D eigenvalue weighted by Crippen LogP contribution is 2.07. The van der Waals surface area contributed by atoms with Gasteiger partial charge >= 0.3 is 6.03 Å². The standard InChI is InChI=1S/C10H14N6O2S/c1-18-3-2-16-6-11-4-8(16)5-12-9(17)14-10-15-13-7-19-10/h4,6-7H,2-3,5H2,1H3,(H2,12,14,15,17). The van der Waals surface area contributed by atoms with E-state index < -0.39 is 0 Å². The van der Waals surface area contributed by atoms with E-state index in [1.165, 1.54) is 11.3 Å². The van der Waals surface area contributed by atoms with Gasteiger partial charge in [-0.05, 0) is 0 Å². The summed E-state index contributed by atoms with van der Waals surface area (Å²) in [5.74, 6) is 0. The third-order valence-corrected chi connectivity index (χ3v) is 2.95. The van der Waals surface area contributed by atoms with Crippen LogP contribution in [0.3, 0.4) is 0 Å². The smallest absolute Gasteiger partial charge is 0.321 e. The van der Waals surface area contributed by atoms with Gasteiger partial charge in [-0.1, -0.05) is 11.3 Å². The van der Waals surface area contributed by atoms with Crippen molar-refractivity contribution >= 4 is 22.5 Å². The molecule has 0 bridgehead atoms. The topological polar surface area (TPSA) is 94.0 Å². The molecule has 0 aliphatic carbocycles. The quantitative estimate of drug-likeness (QED) is 0.813. The van der Waals surface area contributed by atoms with E-state index in [2.05, 4.69) is 25.8 Å². The molecule has 2 rings (SSSR count). The minimum atomic E-state index is -0.323. The monoisotopic (exact) mass is 282 g/mol. The highest BCUT2D eigenvalue weighted by atomic mass is 32.1. The Morgan fingerprint density at radius 3 is 3.21 bits per heavy atom. The Kier molecular flexibility index (Phi) is 4.81. The summed E-state index contributed by atoms with van der Waals surface area (Å²) in [5, 5.41) is 13.1. The van der Waals surface area contributed by atoms with Crippen LogP contribution in [0.2, 0.25) is 0 Å². The number of methoxy groups -OCH3 is 1. The third-order valence-electron chi connectivity index (χ3n) is 2.35. The van der Waals surface area contributed by atoms with Gasteiger partial charge in [-0.15, -0.1) is 10.2 Å². The fourth-order valence-corrected chi connectivity index (χ4v) is 1.87. The number of urea groups is 1. The molecule has 0 aromatic carbocycles. The number of nitrogens with one attached hydrogen (secondary N) is 2. The average molecular weight is 282 g/mol. The molecule has 0 radical (unpaired) electrons. The second-order valence-corrected chi connectivity index (χ2v) is 4.46. The number of hydrogen-bond acceptors (Lipinski definition) is 6. The molecule has 19 heavy (non-hydrogen) atoms. The van der Waals surface area contributed by atoms with Gasteiger partial charge in [-0.25, -0.2) is 9.78 Å². The molecule has 0 saturated heterocycles. The van der Waals surface area contributed by atoms with Crippen molar-refractivity contribution in [2.75, 3.05) is 19.0 Å². The van der Waals surface area contributed by atoms with Gasteiger partial charge in [0.05, 0.1) is 25.2 Å². The van der Waals surface area contributed by atoms with Crippen molar-refractivity contribution in [3.8, 4) is 0 Å². The van der Waals surface area contributed by atoms with Crippen LogP contribution in [0, 0.1) is 0 Å². The second-order valence-electron chi connectivity index (χ2n) is 3.62. The first-order valence-corrected chi connectivity index (χ1v) is 6.46. The summed E-state index contributed by atoms with van der Waals surface area (Å²) in [6.07, 6.45) is 3.42. The van der Waals surface area contributed by atoms with Crippen molar-refractivity contribution in [2.45, 2.75) is 13.1 Å². The number of rotatable bonds is 6. The zero-order valence-electron chi connectivity index (χ0n) is 10.4. The number of aromatic nitrogens is 4. The Hall–Kier alpha value is -2.00. The van der Waals surface area contributed by atoms with Crippen molar-refractivity contribution in [3.05, 3.63) is 23.7 Å². The van der Waals surface area contributed by atoms with Gasteiger partial charge in [0.15, 0.2) is 0 Å². The molecule has 0 saturated carbocycles. The van der Waals surface area contributed by atoms with Crippen molar-refractivity contribution in [3.63, 3.8) is 0 Å².